The Morgan fingerprint density at radius 3 is 1.75 bits per heavy atom. The normalized spacial score (nSPS) is 17.3. The van der Waals surface area contributed by atoms with Gasteiger partial charge in [0.15, 0.2) is 5.57 Å². The summed E-state index contributed by atoms with van der Waals surface area (Å²) in [6.45, 7) is 11.0. The monoisotopic (exact) mass is 822 g/mol. The Hall–Kier alpha value is 0.235. The van der Waals surface area contributed by atoms with Gasteiger partial charge in [0.1, 0.15) is 7.85 Å². The van der Waals surface area contributed by atoms with Crippen LogP contribution in [0.5, 0.6) is 0 Å². The minimum Gasteiger partial charge on any atom is -0.242 e. The molecule has 2 radical (unpaired) electrons. The topological polar surface area (TPSA) is 0 Å². The lowest BCUT2D eigenvalue weighted by Crippen LogP contribution is -2.72. The number of hydrogen-bond acceptors (Lipinski definition) is 0. The van der Waals surface area contributed by atoms with Crippen molar-refractivity contribution in [2.45, 2.75) is 128 Å². The van der Waals surface area contributed by atoms with Crippen molar-refractivity contribution in [2.75, 3.05) is 0 Å². The number of halogens is 13. The maximum Gasteiger partial charge on any atom is 0.380 e. The van der Waals surface area contributed by atoms with Gasteiger partial charge in [-0.1, -0.05) is 83.5 Å². The van der Waals surface area contributed by atoms with Gasteiger partial charge in [-0.05, 0) is 50.9 Å². The number of allylic oxidation sites excluding steroid dienone is 2. The first kappa shape index (κ1) is 40.2. The molecule has 0 aliphatic rings. The van der Waals surface area contributed by atoms with E-state index in [1.165, 1.54) is 22.6 Å². The Kier molecular flexibility index (Phi) is 14.9. The van der Waals surface area contributed by atoms with Crippen LogP contribution in [0.3, 0.4) is 0 Å². The Morgan fingerprint density at radius 2 is 1.27 bits per heavy atom. The van der Waals surface area contributed by atoms with E-state index >= 15 is 0 Å². The van der Waals surface area contributed by atoms with Gasteiger partial charge in [-0.2, -0.15) is 35.1 Å². The van der Waals surface area contributed by atoms with Crippen molar-refractivity contribution < 1.29 is 48.3 Å². The molecule has 0 rings (SSSR count). The number of rotatable bonds is 20. The van der Waals surface area contributed by atoms with Crippen molar-refractivity contribution in [1.82, 2.24) is 0 Å². The third-order valence-corrected chi connectivity index (χ3v) is 10.1. The van der Waals surface area contributed by atoms with Crippen molar-refractivity contribution in [3.05, 3.63) is 24.8 Å². The summed E-state index contributed by atoms with van der Waals surface area (Å²) < 4.78 is 159. The molecule has 234 valence electrons. The quantitative estimate of drug-likeness (QED) is 0.0287. The lowest BCUT2D eigenvalue weighted by Gasteiger charge is -2.45. The molecule has 14 heteroatoms. The first-order valence-corrected chi connectivity index (χ1v) is 15.1. The molecule has 40 heavy (non-hydrogen) atoms. The summed E-state index contributed by atoms with van der Waals surface area (Å²) in [6, 6.07) is 0. The summed E-state index contributed by atoms with van der Waals surface area (Å²) in [4.78, 5) is 0. The zero-order valence-corrected chi connectivity index (χ0v) is 27.0. The van der Waals surface area contributed by atoms with Crippen LogP contribution in [0, 0.1) is 5.41 Å². The van der Waals surface area contributed by atoms with Crippen molar-refractivity contribution >= 4 is 53.0 Å². The van der Waals surface area contributed by atoms with Crippen molar-refractivity contribution in [3.8, 4) is 0 Å². The van der Waals surface area contributed by atoms with Crippen LogP contribution < -0.4 is 0 Å². The van der Waals surface area contributed by atoms with Crippen molar-refractivity contribution in [3.63, 3.8) is 0 Å². The molecular weight excluding hydrogens is 786 g/mol. The Bertz CT molecular complexity index is 829. The number of alkyl halides is 13. The van der Waals surface area contributed by atoms with Gasteiger partial charge in [-0.3, -0.25) is 0 Å². The van der Waals surface area contributed by atoms with E-state index in [0.29, 0.717) is 32.1 Å². The van der Waals surface area contributed by atoms with Crippen LogP contribution in [-0.2, 0) is 0 Å². The summed E-state index contributed by atoms with van der Waals surface area (Å²) >= 11 is 3.01. The number of hydrogen-bond donors (Lipinski definition) is 0. The highest BCUT2D eigenvalue weighted by Gasteiger charge is 2.87. The SMILES string of the molecule is [B]C(F)(C(F)(F)CC(I)CCCCC(=C)C)C(F)(F)C(F)(F)C(F)(F)C(F)(F)CC(C)(C)C(I)CCCCC=C. The average Bonchev–Trinajstić information content (AvgIpc) is 2.77. The molecule has 0 aromatic heterocycles. The smallest absolute Gasteiger partial charge is 0.242 e. The summed E-state index contributed by atoms with van der Waals surface area (Å²) in [5.74, 6) is -32.6. The zero-order chi connectivity index (χ0) is 32.0. The van der Waals surface area contributed by atoms with Gasteiger partial charge in [0.2, 0.25) is 0 Å². The lowest BCUT2D eigenvalue weighted by atomic mass is 9.67. The molecule has 0 aliphatic heterocycles. The molecule has 3 atom stereocenters. The highest BCUT2D eigenvalue weighted by molar-refractivity contribution is 14.1. The fraction of sp³-hybridized carbons (Fsp3) is 0.846. The molecule has 0 aromatic rings. The van der Waals surface area contributed by atoms with Crippen LogP contribution >= 0.6 is 45.2 Å². The molecule has 0 aromatic carbocycles. The highest BCUT2D eigenvalue weighted by Crippen LogP contribution is 2.61. The zero-order valence-electron chi connectivity index (χ0n) is 22.7. The molecule has 0 N–H and O–H groups in total. The van der Waals surface area contributed by atoms with E-state index in [1.54, 1.807) is 35.6 Å². The van der Waals surface area contributed by atoms with Gasteiger partial charge < -0.3 is 0 Å². The van der Waals surface area contributed by atoms with E-state index in [9.17, 15) is 48.3 Å². The van der Waals surface area contributed by atoms with Gasteiger partial charge >= 0.3 is 23.7 Å². The van der Waals surface area contributed by atoms with Gasteiger partial charge in [-0.15, -0.1) is 13.2 Å². The predicted octanol–water partition coefficient (Wildman–Crippen LogP) is 11.3. The van der Waals surface area contributed by atoms with Crippen LogP contribution in [-0.4, -0.2) is 50.9 Å². The fourth-order valence-electron chi connectivity index (χ4n) is 4.00. The molecule has 0 heterocycles. The molecular formula is C26H36BF11I2. The summed E-state index contributed by atoms with van der Waals surface area (Å²) in [5, 5.41) is 0. The van der Waals surface area contributed by atoms with Crippen LogP contribution in [0.25, 0.3) is 0 Å². The van der Waals surface area contributed by atoms with Gasteiger partial charge in [0, 0.05) is 20.7 Å². The molecule has 0 saturated carbocycles. The van der Waals surface area contributed by atoms with E-state index in [-0.39, 0.29) is 19.3 Å². The van der Waals surface area contributed by atoms with E-state index in [0.717, 1.165) is 19.4 Å². The van der Waals surface area contributed by atoms with E-state index < -0.39 is 61.3 Å². The molecule has 0 aliphatic carbocycles. The second kappa shape index (κ2) is 14.8. The van der Waals surface area contributed by atoms with E-state index in [4.69, 9.17) is 0 Å². The highest BCUT2D eigenvalue weighted by atomic mass is 127. The minimum atomic E-state index is -7.28. The summed E-state index contributed by atoms with van der Waals surface area (Å²) in [6.07, 6.45) is 0.777. The summed E-state index contributed by atoms with van der Waals surface area (Å²) in [7, 11) is 4.35. The maximum absolute atomic E-state index is 14.8. The first-order chi connectivity index (χ1) is 17.7. The largest absolute Gasteiger partial charge is 0.380 e. The van der Waals surface area contributed by atoms with E-state index in [1.807, 2.05) is 0 Å². The Labute approximate surface area is 258 Å². The van der Waals surface area contributed by atoms with Crippen LogP contribution in [0.2, 0.25) is 0 Å². The third kappa shape index (κ3) is 9.37. The van der Waals surface area contributed by atoms with Crippen LogP contribution in [0.1, 0.15) is 85.0 Å². The second-order valence-corrected chi connectivity index (χ2v) is 14.3. The molecule has 0 spiro atoms. The molecule has 0 bridgehead atoms. The fourth-order valence-corrected chi connectivity index (χ4v) is 5.66. The molecule has 3 unspecified atom stereocenters. The van der Waals surface area contributed by atoms with Gasteiger partial charge in [0.05, 0.1) is 0 Å². The van der Waals surface area contributed by atoms with Crippen LogP contribution in [0.4, 0.5) is 48.3 Å². The molecule has 0 nitrogen and oxygen atoms in total. The van der Waals surface area contributed by atoms with Crippen molar-refractivity contribution in [1.29, 1.82) is 0 Å². The first-order valence-electron chi connectivity index (χ1n) is 12.7. The lowest BCUT2D eigenvalue weighted by molar-refractivity contribution is -0.394. The van der Waals surface area contributed by atoms with Crippen molar-refractivity contribution in [2.24, 2.45) is 5.41 Å². The molecule has 0 saturated heterocycles. The van der Waals surface area contributed by atoms with Gasteiger partial charge in [0.25, 0.3) is 5.92 Å². The Morgan fingerprint density at radius 1 is 0.775 bits per heavy atom. The minimum absolute atomic E-state index is 0.0875. The van der Waals surface area contributed by atoms with Crippen LogP contribution in [0.15, 0.2) is 24.8 Å². The van der Waals surface area contributed by atoms with Gasteiger partial charge in [-0.25, -0.2) is 13.2 Å². The standard InChI is InChI=1S/C26H36BF11I2/c1-6-7-8-9-14-19(40)20(4,5)16-22(30,31)24(33,34)26(37,38)25(35,36)23(27,32)21(28,29)15-18(39)13-11-10-12-17(2)3/h6,18-19H,1-2,7-16H2,3-5H3. The third-order valence-electron chi connectivity index (χ3n) is 6.73. The summed E-state index contributed by atoms with van der Waals surface area (Å²) in [5.41, 5.74) is -7.08. The average molecular weight is 822 g/mol. The number of unbranched alkanes of at least 4 members (excludes halogenated alkanes) is 3. The molecule has 0 fully saturated rings. The van der Waals surface area contributed by atoms with E-state index in [2.05, 4.69) is 21.0 Å². The maximum atomic E-state index is 14.8. The Balaban J connectivity index is 5.95. The second-order valence-electron chi connectivity index (χ2n) is 11.1. The molecule has 0 amide bonds. The predicted molar refractivity (Wildman–Crippen MR) is 155 cm³/mol.